The van der Waals surface area contributed by atoms with Crippen LogP contribution in [-0.2, 0) is 13.5 Å². The van der Waals surface area contributed by atoms with E-state index in [1.807, 2.05) is 44.4 Å². The van der Waals surface area contributed by atoms with E-state index in [1.54, 1.807) is 10.9 Å². The Balaban J connectivity index is 2.11. The van der Waals surface area contributed by atoms with Gasteiger partial charge in [0.15, 0.2) is 5.78 Å². The van der Waals surface area contributed by atoms with Crippen molar-refractivity contribution in [1.29, 1.82) is 0 Å². The topological polar surface area (TPSA) is 34.9 Å². The van der Waals surface area contributed by atoms with Crippen LogP contribution in [0.2, 0.25) is 0 Å². The quantitative estimate of drug-likeness (QED) is 0.734. The maximum absolute atomic E-state index is 11.9. The van der Waals surface area contributed by atoms with E-state index in [0.717, 1.165) is 16.7 Å². The zero-order valence-electron chi connectivity index (χ0n) is 9.47. The van der Waals surface area contributed by atoms with Crippen LogP contribution in [0.1, 0.15) is 21.5 Å². The van der Waals surface area contributed by atoms with Gasteiger partial charge in [-0.3, -0.25) is 9.48 Å². The number of carbonyl (C=O) groups is 1. The molecule has 0 aliphatic heterocycles. The lowest BCUT2D eigenvalue weighted by atomic mass is 10.0. The second-order valence-electron chi connectivity index (χ2n) is 3.99. The summed E-state index contributed by atoms with van der Waals surface area (Å²) >= 11 is 0. The van der Waals surface area contributed by atoms with E-state index in [-0.39, 0.29) is 5.78 Å². The normalized spacial score (nSPS) is 10.4. The molecule has 0 N–H and O–H groups in total. The lowest BCUT2D eigenvalue weighted by molar-refractivity contribution is 0.0993. The number of hydrogen-bond donors (Lipinski definition) is 0. The smallest absolute Gasteiger partial charge is 0.167 e. The van der Waals surface area contributed by atoms with Crippen LogP contribution in [0.25, 0.3) is 0 Å². The van der Waals surface area contributed by atoms with E-state index in [9.17, 15) is 4.79 Å². The fourth-order valence-corrected chi connectivity index (χ4v) is 1.59. The Bertz CT molecular complexity index is 497. The van der Waals surface area contributed by atoms with Crippen molar-refractivity contribution < 1.29 is 4.79 Å². The molecular formula is C13H14N2O. The molecule has 3 heteroatoms. The van der Waals surface area contributed by atoms with Gasteiger partial charge in [-0.05, 0) is 12.5 Å². The van der Waals surface area contributed by atoms with Gasteiger partial charge in [-0.15, -0.1) is 0 Å². The molecule has 82 valence electrons. The van der Waals surface area contributed by atoms with Crippen LogP contribution in [-0.4, -0.2) is 15.6 Å². The fraction of sp³-hybridized carbons (Fsp3) is 0.231. The van der Waals surface area contributed by atoms with Crippen molar-refractivity contribution in [2.24, 2.45) is 7.05 Å². The van der Waals surface area contributed by atoms with Gasteiger partial charge in [0.25, 0.3) is 0 Å². The van der Waals surface area contributed by atoms with Gasteiger partial charge in [0.05, 0.1) is 6.20 Å². The molecule has 0 amide bonds. The van der Waals surface area contributed by atoms with Gasteiger partial charge in [0, 0.05) is 25.2 Å². The summed E-state index contributed by atoms with van der Waals surface area (Å²) in [6.07, 6.45) is 4.01. The average molecular weight is 214 g/mol. The maximum atomic E-state index is 11.9. The minimum atomic E-state index is 0.132. The minimum Gasteiger partial charge on any atom is -0.294 e. The lowest BCUT2D eigenvalue weighted by Gasteiger charge is -1.99. The summed E-state index contributed by atoms with van der Waals surface area (Å²) in [5.41, 5.74) is 2.88. The number of rotatable bonds is 3. The summed E-state index contributed by atoms with van der Waals surface area (Å²) in [5, 5.41) is 4.04. The van der Waals surface area contributed by atoms with Gasteiger partial charge in [-0.2, -0.15) is 5.10 Å². The molecule has 1 aromatic carbocycles. The molecule has 2 aromatic rings. The lowest BCUT2D eigenvalue weighted by Crippen LogP contribution is -2.02. The number of aryl methyl sites for hydroxylation is 2. The van der Waals surface area contributed by atoms with Gasteiger partial charge >= 0.3 is 0 Å². The Morgan fingerprint density at radius 2 is 2.00 bits per heavy atom. The van der Waals surface area contributed by atoms with E-state index in [2.05, 4.69) is 5.10 Å². The molecule has 0 saturated heterocycles. The molecule has 0 fully saturated rings. The van der Waals surface area contributed by atoms with Crippen LogP contribution in [0, 0.1) is 6.92 Å². The second-order valence-corrected chi connectivity index (χ2v) is 3.99. The van der Waals surface area contributed by atoms with Gasteiger partial charge in [-0.1, -0.05) is 29.8 Å². The third-order valence-corrected chi connectivity index (χ3v) is 2.50. The molecule has 0 spiro atoms. The van der Waals surface area contributed by atoms with Crippen molar-refractivity contribution in [1.82, 2.24) is 9.78 Å². The largest absolute Gasteiger partial charge is 0.294 e. The molecule has 0 radical (unpaired) electrons. The van der Waals surface area contributed by atoms with Gasteiger partial charge in [-0.25, -0.2) is 0 Å². The first-order valence-electron chi connectivity index (χ1n) is 5.22. The highest BCUT2D eigenvalue weighted by molar-refractivity contribution is 5.97. The predicted octanol–water partition coefficient (Wildman–Crippen LogP) is 2.15. The van der Waals surface area contributed by atoms with E-state index in [1.165, 1.54) is 0 Å². The zero-order valence-corrected chi connectivity index (χ0v) is 9.47. The Morgan fingerprint density at radius 3 is 2.56 bits per heavy atom. The highest BCUT2D eigenvalue weighted by atomic mass is 16.1. The summed E-state index contributed by atoms with van der Waals surface area (Å²) in [4.78, 5) is 11.9. The molecule has 0 bridgehead atoms. The van der Waals surface area contributed by atoms with Gasteiger partial charge < -0.3 is 0 Å². The van der Waals surface area contributed by atoms with Crippen molar-refractivity contribution in [3.8, 4) is 0 Å². The monoisotopic (exact) mass is 214 g/mol. The third kappa shape index (κ3) is 2.37. The van der Waals surface area contributed by atoms with E-state index < -0.39 is 0 Å². The first-order valence-corrected chi connectivity index (χ1v) is 5.22. The van der Waals surface area contributed by atoms with Crippen LogP contribution < -0.4 is 0 Å². The summed E-state index contributed by atoms with van der Waals surface area (Å²) in [7, 11) is 1.85. The zero-order chi connectivity index (χ0) is 11.5. The van der Waals surface area contributed by atoms with Crippen LogP contribution in [0.3, 0.4) is 0 Å². The summed E-state index contributed by atoms with van der Waals surface area (Å²) in [6, 6.07) is 7.65. The summed E-state index contributed by atoms with van der Waals surface area (Å²) in [5.74, 6) is 0.132. The molecule has 0 saturated carbocycles. The second kappa shape index (κ2) is 4.31. The fourth-order valence-electron chi connectivity index (χ4n) is 1.59. The molecule has 3 nitrogen and oxygen atoms in total. The van der Waals surface area contributed by atoms with E-state index in [4.69, 9.17) is 0 Å². The number of benzene rings is 1. The molecule has 0 aliphatic carbocycles. The maximum Gasteiger partial charge on any atom is 0.167 e. The van der Waals surface area contributed by atoms with Crippen LogP contribution in [0.15, 0.2) is 36.7 Å². The van der Waals surface area contributed by atoms with E-state index in [0.29, 0.717) is 6.42 Å². The first-order chi connectivity index (χ1) is 7.65. The number of Topliss-reactive ketones (excluding diaryl/α,β-unsaturated/α-hetero) is 1. The summed E-state index contributed by atoms with van der Waals surface area (Å²) < 4.78 is 1.71. The van der Waals surface area contributed by atoms with Crippen LogP contribution in [0.4, 0.5) is 0 Å². The summed E-state index contributed by atoms with van der Waals surface area (Å²) in [6.45, 7) is 2.01. The number of carbonyl (C=O) groups excluding carboxylic acids is 1. The van der Waals surface area contributed by atoms with Gasteiger partial charge in [0.2, 0.25) is 0 Å². The Kier molecular flexibility index (Phi) is 2.86. The number of nitrogens with zero attached hydrogens (tertiary/aromatic N) is 2. The third-order valence-electron chi connectivity index (χ3n) is 2.50. The van der Waals surface area contributed by atoms with Crippen molar-refractivity contribution in [2.45, 2.75) is 13.3 Å². The Hall–Kier alpha value is -1.90. The Labute approximate surface area is 94.7 Å². The van der Waals surface area contributed by atoms with Crippen LogP contribution >= 0.6 is 0 Å². The van der Waals surface area contributed by atoms with Crippen molar-refractivity contribution in [2.75, 3.05) is 0 Å². The average Bonchev–Trinajstić information content (AvgIpc) is 2.65. The molecule has 2 rings (SSSR count). The molecule has 0 unspecified atom stereocenters. The molecule has 1 aromatic heterocycles. The van der Waals surface area contributed by atoms with Crippen LogP contribution in [0.5, 0.6) is 0 Å². The SMILES string of the molecule is Cc1ccc(C(=O)Cc2cnn(C)c2)cc1. The van der Waals surface area contributed by atoms with Crippen molar-refractivity contribution in [3.63, 3.8) is 0 Å². The van der Waals surface area contributed by atoms with Crippen molar-refractivity contribution in [3.05, 3.63) is 53.3 Å². The molecule has 0 atom stereocenters. The molecule has 16 heavy (non-hydrogen) atoms. The van der Waals surface area contributed by atoms with Crippen molar-refractivity contribution >= 4 is 5.78 Å². The predicted molar refractivity (Wildman–Crippen MR) is 62.4 cm³/mol. The van der Waals surface area contributed by atoms with Gasteiger partial charge in [0.1, 0.15) is 0 Å². The standard InChI is InChI=1S/C13H14N2O/c1-10-3-5-12(6-4-10)13(16)7-11-8-14-15(2)9-11/h3-6,8-9H,7H2,1-2H3. The molecule has 1 heterocycles. The molecule has 0 aliphatic rings. The Morgan fingerprint density at radius 1 is 1.31 bits per heavy atom. The number of aromatic nitrogens is 2. The molecular weight excluding hydrogens is 200 g/mol. The highest BCUT2D eigenvalue weighted by Gasteiger charge is 2.07. The van der Waals surface area contributed by atoms with E-state index >= 15 is 0 Å². The first kappa shape index (κ1) is 10.6. The minimum absolute atomic E-state index is 0.132. The number of ketones is 1. The highest BCUT2D eigenvalue weighted by Crippen LogP contribution is 2.08. The number of hydrogen-bond acceptors (Lipinski definition) is 2.